The van der Waals surface area contributed by atoms with Gasteiger partial charge in [0.2, 0.25) is 11.8 Å². The number of hydrogen-bond donors (Lipinski definition) is 2. The van der Waals surface area contributed by atoms with Gasteiger partial charge in [-0.3, -0.25) is 24.5 Å². The number of amides is 4. The van der Waals surface area contributed by atoms with Crippen molar-refractivity contribution in [2.45, 2.75) is 20.3 Å². The van der Waals surface area contributed by atoms with E-state index < -0.39 is 23.6 Å². The van der Waals surface area contributed by atoms with E-state index in [-0.39, 0.29) is 32.0 Å². The molecule has 31 heavy (non-hydrogen) atoms. The highest BCUT2D eigenvalue weighted by atomic mass is 16.5. The van der Waals surface area contributed by atoms with E-state index in [2.05, 4.69) is 10.6 Å². The Morgan fingerprint density at radius 2 is 1.58 bits per heavy atom. The monoisotopic (exact) mass is 423 g/mol. The first-order chi connectivity index (χ1) is 14.8. The summed E-state index contributed by atoms with van der Waals surface area (Å²) in [4.78, 5) is 50.1. The minimum Gasteiger partial charge on any atom is -0.492 e. The SMILES string of the molecule is Cc1ccc(OCCNC(=O)C(=O)NC(=O)[C@H]2CC(=O)N(c3ccc(C)cc3)C2)cc1. The summed E-state index contributed by atoms with van der Waals surface area (Å²) in [6.45, 7) is 4.35. The molecule has 1 atom stereocenters. The predicted octanol–water partition coefficient (Wildman–Crippen LogP) is 1.49. The van der Waals surface area contributed by atoms with Crippen LogP contribution < -0.4 is 20.3 Å². The summed E-state index contributed by atoms with van der Waals surface area (Å²) in [7, 11) is 0. The number of carbonyl (C=O) groups is 4. The van der Waals surface area contributed by atoms with Gasteiger partial charge in [0.25, 0.3) is 0 Å². The average Bonchev–Trinajstić information content (AvgIpc) is 3.14. The number of nitrogens with one attached hydrogen (secondary N) is 2. The van der Waals surface area contributed by atoms with E-state index in [1.165, 1.54) is 4.90 Å². The van der Waals surface area contributed by atoms with Crippen molar-refractivity contribution in [1.82, 2.24) is 10.6 Å². The van der Waals surface area contributed by atoms with Crippen LogP contribution in [0.5, 0.6) is 5.75 Å². The molecule has 0 saturated carbocycles. The minimum atomic E-state index is -1.05. The molecule has 1 aliphatic rings. The third kappa shape index (κ3) is 5.91. The Morgan fingerprint density at radius 3 is 2.23 bits per heavy atom. The van der Waals surface area contributed by atoms with Gasteiger partial charge in [-0.1, -0.05) is 35.4 Å². The van der Waals surface area contributed by atoms with E-state index in [1.54, 1.807) is 0 Å². The number of rotatable bonds is 6. The van der Waals surface area contributed by atoms with Gasteiger partial charge in [0, 0.05) is 18.7 Å². The van der Waals surface area contributed by atoms with Crippen LogP contribution in [0.1, 0.15) is 17.5 Å². The summed E-state index contributed by atoms with van der Waals surface area (Å²) in [6, 6.07) is 14.8. The van der Waals surface area contributed by atoms with Crippen LogP contribution in [-0.2, 0) is 19.2 Å². The first-order valence-electron chi connectivity index (χ1n) is 10.0. The molecule has 0 bridgehead atoms. The third-order valence-electron chi connectivity index (χ3n) is 4.96. The summed E-state index contributed by atoms with van der Waals surface area (Å²) in [5.41, 5.74) is 2.86. The predicted molar refractivity (Wildman–Crippen MR) is 114 cm³/mol. The number of imide groups is 1. The maximum absolute atomic E-state index is 12.4. The molecular formula is C23H25N3O5. The molecule has 3 rings (SSSR count). The van der Waals surface area contributed by atoms with Crippen molar-refractivity contribution in [1.29, 1.82) is 0 Å². The van der Waals surface area contributed by atoms with Gasteiger partial charge in [0.1, 0.15) is 12.4 Å². The van der Waals surface area contributed by atoms with E-state index in [0.29, 0.717) is 11.4 Å². The van der Waals surface area contributed by atoms with Crippen molar-refractivity contribution in [3.63, 3.8) is 0 Å². The fourth-order valence-electron chi connectivity index (χ4n) is 3.18. The normalized spacial score (nSPS) is 15.5. The maximum atomic E-state index is 12.4. The molecule has 4 amide bonds. The molecule has 2 N–H and O–H groups in total. The minimum absolute atomic E-state index is 0.0149. The Balaban J connectivity index is 1.42. The van der Waals surface area contributed by atoms with Crippen LogP contribution in [0.4, 0.5) is 5.69 Å². The number of aryl methyl sites for hydroxylation is 2. The van der Waals surface area contributed by atoms with Gasteiger partial charge < -0.3 is 15.0 Å². The Bertz CT molecular complexity index is 970. The van der Waals surface area contributed by atoms with Gasteiger partial charge in [-0.2, -0.15) is 0 Å². The Hall–Kier alpha value is -3.68. The van der Waals surface area contributed by atoms with Crippen LogP contribution in [0.3, 0.4) is 0 Å². The Morgan fingerprint density at radius 1 is 0.968 bits per heavy atom. The number of carbonyl (C=O) groups excluding carboxylic acids is 4. The molecule has 1 heterocycles. The molecule has 2 aromatic rings. The summed E-state index contributed by atoms with van der Waals surface area (Å²) in [5, 5.41) is 4.48. The van der Waals surface area contributed by atoms with Gasteiger partial charge in [0.05, 0.1) is 12.5 Å². The number of hydrogen-bond acceptors (Lipinski definition) is 5. The van der Waals surface area contributed by atoms with Crippen molar-refractivity contribution >= 4 is 29.3 Å². The van der Waals surface area contributed by atoms with Crippen LogP contribution in [0, 0.1) is 19.8 Å². The highest BCUT2D eigenvalue weighted by molar-refractivity contribution is 6.37. The summed E-state index contributed by atoms with van der Waals surface area (Å²) in [5.74, 6) is -2.87. The van der Waals surface area contributed by atoms with Gasteiger partial charge in [0.15, 0.2) is 0 Å². The highest BCUT2D eigenvalue weighted by Gasteiger charge is 2.36. The molecule has 1 fully saturated rings. The molecule has 8 nitrogen and oxygen atoms in total. The lowest BCUT2D eigenvalue weighted by atomic mass is 10.1. The fourth-order valence-corrected chi connectivity index (χ4v) is 3.18. The molecular weight excluding hydrogens is 398 g/mol. The lowest BCUT2D eigenvalue weighted by Crippen LogP contribution is -2.46. The van der Waals surface area contributed by atoms with Crippen molar-refractivity contribution in [3.05, 3.63) is 59.7 Å². The van der Waals surface area contributed by atoms with Gasteiger partial charge >= 0.3 is 11.8 Å². The number of nitrogens with zero attached hydrogens (tertiary/aromatic N) is 1. The second-order valence-electron chi connectivity index (χ2n) is 7.48. The molecule has 0 spiro atoms. The van der Waals surface area contributed by atoms with Gasteiger partial charge in [-0.25, -0.2) is 0 Å². The largest absolute Gasteiger partial charge is 0.492 e. The summed E-state index contributed by atoms with van der Waals surface area (Å²) < 4.78 is 5.47. The summed E-state index contributed by atoms with van der Waals surface area (Å²) >= 11 is 0. The van der Waals surface area contributed by atoms with Crippen LogP contribution in [0.2, 0.25) is 0 Å². The summed E-state index contributed by atoms with van der Waals surface area (Å²) in [6.07, 6.45) is -0.0149. The topological polar surface area (TPSA) is 105 Å². The smallest absolute Gasteiger partial charge is 0.315 e. The van der Waals surface area contributed by atoms with E-state index in [0.717, 1.165) is 11.1 Å². The molecule has 2 aromatic carbocycles. The number of benzene rings is 2. The number of anilines is 1. The van der Waals surface area contributed by atoms with E-state index in [1.807, 2.05) is 62.4 Å². The fraction of sp³-hybridized carbons (Fsp3) is 0.304. The first-order valence-corrected chi connectivity index (χ1v) is 10.0. The third-order valence-corrected chi connectivity index (χ3v) is 4.96. The molecule has 1 saturated heterocycles. The van der Waals surface area contributed by atoms with Gasteiger partial charge in [-0.05, 0) is 38.1 Å². The van der Waals surface area contributed by atoms with Gasteiger partial charge in [-0.15, -0.1) is 0 Å². The second-order valence-corrected chi connectivity index (χ2v) is 7.48. The van der Waals surface area contributed by atoms with E-state index in [9.17, 15) is 19.2 Å². The van der Waals surface area contributed by atoms with E-state index in [4.69, 9.17) is 4.74 Å². The van der Waals surface area contributed by atoms with Crippen molar-refractivity contribution in [2.75, 3.05) is 24.6 Å². The Kier molecular flexibility index (Phi) is 7.02. The zero-order valence-corrected chi connectivity index (χ0v) is 17.5. The molecule has 0 unspecified atom stereocenters. The Labute approximate surface area is 180 Å². The average molecular weight is 423 g/mol. The number of ether oxygens (including phenoxy) is 1. The molecule has 1 aliphatic heterocycles. The zero-order chi connectivity index (χ0) is 22.4. The zero-order valence-electron chi connectivity index (χ0n) is 17.5. The van der Waals surface area contributed by atoms with Crippen molar-refractivity contribution in [3.8, 4) is 5.75 Å². The molecule has 162 valence electrons. The van der Waals surface area contributed by atoms with Crippen LogP contribution in [0.25, 0.3) is 0 Å². The quantitative estimate of drug-likeness (QED) is 0.541. The van der Waals surface area contributed by atoms with Crippen molar-refractivity contribution < 1.29 is 23.9 Å². The molecule has 0 aromatic heterocycles. The molecule has 8 heteroatoms. The molecule has 0 radical (unpaired) electrons. The standard InChI is InChI=1S/C23H25N3O5/c1-15-3-7-18(8-4-15)26-14-17(13-20(26)27)21(28)25-23(30)22(29)24-11-12-31-19-9-5-16(2)6-10-19/h3-10,17H,11-14H2,1-2H3,(H,24,29)(H,25,28,30)/t17-/m0/s1. The van der Waals surface area contributed by atoms with Crippen LogP contribution >= 0.6 is 0 Å². The first kappa shape index (κ1) is 22.0. The lowest BCUT2D eigenvalue weighted by molar-refractivity contribution is -0.143. The second kappa shape index (κ2) is 9.88. The highest BCUT2D eigenvalue weighted by Crippen LogP contribution is 2.25. The van der Waals surface area contributed by atoms with E-state index >= 15 is 0 Å². The van der Waals surface area contributed by atoms with Crippen LogP contribution in [0.15, 0.2) is 48.5 Å². The molecule has 0 aliphatic carbocycles. The maximum Gasteiger partial charge on any atom is 0.315 e. The lowest BCUT2D eigenvalue weighted by Gasteiger charge is -2.16. The van der Waals surface area contributed by atoms with Crippen molar-refractivity contribution in [2.24, 2.45) is 5.92 Å². The van der Waals surface area contributed by atoms with Crippen LogP contribution in [-0.4, -0.2) is 43.3 Å².